The summed E-state index contributed by atoms with van der Waals surface area (Å²) in [5, 5.41) is 0. The molecule has 0 heterocycles. The molecule has 2 heteroatoms. The van der Waals surface area contributed by atoms with E-state index in [0.717, 1.165) is 29.6 Å². The minimum absolute atomic E-state index is 0.413. The minimum atomic E-state index is -0.905. The molecule has 0 aliphatic heterocycles. The Morgan fingerprint density at radius 3 is 1.97 bits per heavy atom. The molecule has 1 aromatic rings. The number of carbonyl (C=O) groups is 1. The number of carbonyl (C=O) groups excluding carboxylic acids is 1. The number of unbranched alkanes of at least 4 members (excludes halogenated alkanes) is 2. The Bertz CT molecular complexity index is 650. The van der Waals surface area contributed by atoms with Gasteiger partial charge in [-0.3, -0.25) is 4.79 Å². The molecule has 2 fully saturated rings. The number of Topliss-reactive ketones (excluding diaryl/α,β-unsaturated/α-hetero) is 1. The standard InChI is InChI=1S/C29H45FO/c1-4-5-6-7-23-8-10-24(11-9-23)21(2)25-12-14-26(15-13-25)22(3)27-16-18-28(19-17-27)29(31)20-30/h16-19,21-26H,4-15,20H2,1-3H3. The number of ketones is 1. The molecule has 2 saturated carbocycles. The van der Waals surface area contributed by atoms with Crippen LogP contribution in [-0.2, 0) is 0 Å². The van der Waals surface area contributed by atoms with E-state index in [9.17, 15) is 9.18 Å². The van der Waals surface area contributed by atoms with Gasteiger partial charge in [0.25, 0.3) is 0 Å². The maximum atomic E-state index is 12.6. The molecular weight excluding hydrogens is 383 g/mol. The molecule has 0 bridgehead atoms. The van der Waals surface area contributed by atoms with E-state index < -0.39 is 12.5 Å². The molecule has 0 spiro atoms. The van der Waals surface area contributed by atoms with Crippen molar-refractivity contribution in [1.29, 1.82) is 0 Å². The number of hydrogen-bond donors (Lipinski definition) is 0. The van der Waals surface area contributed by atoms with Gasteiger partial charge in [-0.25, -0.2) is 4.39 Å². The van der Waals surface area contributed by atoms with Crippen molar-refractivity contribution < 1.29 is 9.18 Å². The SMILES string of the molecule is CCCCCC1CCC(C(C)C2CCC(C(C)c3ccc(C(=O)CF)cc3)CC2)CC1. The van der Waals surface area contributed by atoms with Crippen molar-refractivity contribution in [3.63, 3.8) is 0 Å². The van der Waals surface area contributed by atoms with E-state index in [1.165, 1.54) is 82.6 Å². The van der Waals surface area contributed by atoms with E-state index in [2.05, 4.69) is 20.8 Å². The van der Waals surface area contributed by atoms with E-state index in [1.807, 2.05) is 12.1 Å². The Morgan fingerprint density at radius 1 is 0.871 bits per heavy atom. The van der Waals surface area contributed by atoms with Gasteiger partial charge in [-0.05, 0) is 79.6 Å². The van der Waals surface area contributed by atoms with E-state index in [4.69, 9.17) is 0 Å². The van der Waals surface area contributed by atoms with Crippen molar-refractivity contribution in [2.24, 2.45) is 29.6 Å². The van der Waals surface area contributed by atoms with Crippen molar-refractivity contribution in [2.45, 2.75) is 104 Å². The molecule has 2 aliphatic rings. The lowest BCUT2D eigenvalue weighted by atomic mass is 9.65. The Hall–Kier alpha value is -1.18. The van der Waals surface area contributed by atoms with E-state index in [0.29, 0.717) is 11.5 Å². The third-order valence-corrected chi connectivity index (χ3v) is 9.00. The lowest BCUT2D eigenvalue weighted by Gasteiger charge is -2.40. The summed E-state index contributed by atoms with van der Waals surface area (Å²) < 4.78 is 12.6. The first-order valence-electron chi connectivity index (χ1n) is 13.2. The Morgan fingerprint density at radius 2 is 1.42 bits per heavy atom. The van der Waals surface area contributed by atoms with Gasteiger partial charge >= 0.3 is 0 Å². The number of rotatable bonds is 10. The van der Waals surface area contributed by atoms with Gasteiger partial charge in [-0.2, -0.15) is 0 Å². The van der Waals surface area contributed by atoms with Crippen LogP contribution in [0.25, 0.3) is 0 Å². The first-order chi connectivity index (χ1) is 15.0. The molecule has 2 aliphatic carbocycles. The zero-order valence-electron chi connectivity index (χ0n) is 20.3. The predicted molar refractivity (Wildman–Crippen MR) is 129 cm³/mol. The number of halogens is 1. The monoisotopic (exact) mass is 428 g/mol. The fourth-order valence-corrected chi connectivity index (χ4v) is 6.56. The molecule has 2 unspecified atom stereocenters. The highest BCUT2D eigenvalue weighted by Gasteiger charge is 2.33. The first-order valence-corrected chi connectivity index (χ1v) is 13.2. The van der Waals surface area contributed by atoms with E-state index in [-0.39, 0.29) is 0 Å². The Kier molecular flexibility index (Phi) is 9.60. The summed E-state index contributed by atoms with van der Waals surface area (Å²) >= 11 is 0. The second kappa shape index (κ2) is 12.2. The summed E-state index contributed by atoms with van der Waals surface area (Å²) in [7, 11) is 0. The van der Waals surface area contributed by atoms with Gasteiger partial charge in [-0.1, -0.05) is 83.6 Å². The average Bonchev–Trinajstić information content (AvgIpc) is 2.83. The summed E-state index contributed by atoms with van der Waals surface area (Å²) in [5.41, 5.74) is 1.80. The maximum absolute atomic E-state index is 12.6. The zero-order valence-corrected chi connectivity index (χ0v) is 20.3. The molecule has 0 radical (unpaired) electrons. The van der Waals surface area contributed by atoms with Crippen LogP contribution in [0.15, 0.2) is 24.3 Å². The lowest BCUT2D eigenvalue weighted by Crippen LogP contribution is -2.29. The van der Waals surface area contributed by atoms with Gasteiger partial charge in [0.05, 0.1) is 0 Å². The summed E-state index contributed by atoms with van der Waals surface area (Å²) in [4.78, 5) is 11.5. The van der Waals surface area contributed by atoms with Gasteiger partial charge in [0, 0.05) is 5.56 Å². The van der Waals surface area contributed by atoms with Crippen LogP contribution >= 0.6 is 0 Å². The van der Waals surface area contributed by atoms with Crippen molar-refractivity contribution in [3.8, 4) is 0 Å². The molecule has 0 saturated heterocycles. The summed E-state index contributed by atoms with van der Waals surface area (Å²) in [6.45, 7) is 6.29. The fraction of sp³-hybridized carbons (Fsp3) is 0.759. The largest absolute Gasteiger partial charge is 0.291 e. The van der Waals surface area contributed by atoms with Crippen molar-refractivity contribution >= 4 is 5.78 Å². The third-order valence-electron chi connectivity index (χ3n) is 9.00. The Balaban J connectivity index is 1.43. The number of benzene rings is 1. The van der Waals surface area contributed by atoms with Crippen LogP contribution in [-0.4, -0.2) is 12.5 Å². The van der Waals surface area contributed by atoms with Crippen LogP contribution in [0, 0.1) is 29.6 Å². The van der Waals surface area contributed by atoms with Crippen LogP contribution in [0.1, 0.15) is 120 Å². The summed E-state index contributed by atoms with van der Waals surface area (Å²) in [6, 6.07) is 7.70. The molecule has 174 valence electrons. The quantitative estimate of drug-likeness (QED) is 0.269. The molecular formula is C29H45FO. The summed E-state index contributed by atoms with van der Waals surface area (Å²) in [6.07, 6.45) is 17.0. The van der Waals surface area contributed by atoms with Crippen LogP contribution < -0.4 is 0 Å². The van der Waals surface area contributed by atoms with Crippen LogP contribution in [0.3, 0.4) is 0 Å². The molecule has 1 nitrogen and oxygen atoms in total. The number of hydrogen-bond acceptors (Lipinski definition) is 1. The Labute approximate surface area is 190 Å². The minimum Gasteiger partial charge on any atom is -0.291 e. The third kappa shape index (κ3) is 6.65. The van der Waals surface area contributed by atoms with E-state index >= 15 is 0 Å². The van der Waals surface area contributed by atoms with Gasteiger partial charge in [0.2, 0.25) is 0 Å². The maximum Gasteiger partial charge on any atom is 0.193 e. The summed E-state index contributed by atoms with van der Waals surface area (Å²) in [5.74, 6) is 4.61. The van der Waals surface area contributed by atoms with Crippen molar-refractivity contribution in [1.82, 2.24) is 0 Å². The van der Waals surface area contributed by atoms with Gasteiger partial charge in [0.1, 0.15) is 0 Å². The van der Waals surface area contributed by atoms with Crippen LogP contribution in [0.2, 0.25) is 0 Å². The molecule has 0 aromatic heterocycles. The first kappa shape index (κ1) is 24.5. The molecule has 0 N–H and O–H groups in total. The molecule has 31 heavy (non-hydrogen) atoms. The topological polar surface area (TPSA) is 17.1 Å². The van der Waals surface area contributed by atoms with Crippen LogP contribution in [0.4, 0.5) is 4.39 Å². The average molecular weight is 429 g/mol. The fourth-order valence-electron chi connectivity index (χ4n) is 6.56. The highest BCUT2D eigenvalue weighted by molar-refractivity contribution is 5.96. The van der Waals surface area contributed by atoms with Gasteiger partial charge in [-0.15, -0.1) is 0 Å². The second-order valence-corrected chi connectivity index (χ2v) is 10.8. The molecule has 3 rings (SSSR count). The van der Waals surface area contributed by atoms with Crippen molar-refractivity contribution in [3.05, 3.63) is 35.4 Å². The molecule has 2 atom stereocenters. The second-order valence-electron chi connectivity index (χ2n) is 10.8. The predicted octanol–water partition coefficient (Wildman–Crippen LogP) is 8.77. The lowest BCUT2D eigenvalue weighted by molar-refractivity contribution is 0.0958. The molecule has 1 aromatic carbocycles. The van der Waals surface area contributed by atoms with Crippen molar-refractivity contribution in [2.75, 3.05) is 6.67 Å². The number of alkyl halides is 1. The van der Waals surface area contributed by atoms with Gasteiger partial charge in [0.15, 0.2) is 12.5 Å². The van der Waals surface area contributed by atoms with E-state index in [1.54, 1.807) is 12.1 Å². The molecule has 0 amide bonds. The van der Waals surface area contributed by atoms with Gasteiger partial charge < -0.3 is 0 Å². The highest BCUT2D eigenvalue weighted by Crippen LogP contribution is 2.45. The normalized spacial score (nSPS) is 28.8. The zero-order chi connectivity index (χ0) is 22.2. The highest BCUT2D eigenvalue weighted by atomic mass is 19.1. The van der Waals surface area contributed by atoms with Crippen LogP contribution in [0.5, 0.6) is 0 Å². The smallest absolute Gasteiger partial charge is 0.193 e.